The number of alkyl halides is 3. The Bertz CT molecular complexity index is 977. The second kappa shape index (κ2) is 8.72. The van der Waals surface area contributed by atoms with E-state index in [0.29, 0.717) is 22.7 Å². The summed E-state index contributed by atoms with van der Waals surface area (Å²) in [5.74, 6) is -0.367. The fourth-order valence-corrected chi connectivity index (χ4v) is 3.14. The van der Waals surface area contributed by atoms with Gasteiger partial charge < -0.3 is 20.3 Å². The molecular weight excluding hydrogens is 409 g/mol. The summed E-state index contributed by atoms with van der Waals surface area (Å²) in [7, 11) is 0. The molecular formula is C18H17F3N4O3S. The highest BCUT2D eigenvalue weighted by Crippen LogP contribution is 2.37. The Hall–Kier alpha value is -2.76. The Balaban J connectivity index is 1.94. The van der Waals surface area contributed by atoms with Crippen LogP contribution in [0.25, 0.3) is 0 Å². The lowest BCUT2D eigenvalue weighted by Gasteiger charge is -2.14. The van der Waals surface area contributed by atoms with Gasteiger partial charge in [-0.05, 0) is 25.1 Å². The Kier molecular flexibility index (Phi) is 6.30. The van der Waals surface area contributed by atoms with Crippen molar-refractivity contribution in [1.82, 2.24) is 15.0 Å². The summed E-state index contributed by atoms with van der Waals surface area (Å²) in [6, 6.07) is 4.04. The molecule has 0 aliphatic rings. The zero-order valence-corrected chi connectivity index (χ0v) is 16.0. The van der Waals surface area contributed by atoms with Crippen LogP contribution in [0.5, 0.6) is 11.5 Å². The van der Waals surface area contributed by atoms with Gasteiger partial charge in [-0.3, -0.25) is 4.98 Å². The van der Waals surface area contributed by atoms with E-state index in [1.165, 1.54) is 0 Å². The van der Waals surface area contributed by atoms with Crippen molar-refractivity contribution in [2.24, 2.45) is 0 Å². The van der Waals surface area contributed by atoms with Crippen LogP contribution in [0.4, 0.5) is 24.1 Å². The monoisotopic (exact) mass is 426 g/mol. The van der Waals surface area contributed by atoms with E-state index < -0.39 is 17.7 Å². The van der Waals surface area contributed by atoms with Crippen LogP contribution in [0.3, 0.4) is 0 Å². The Morgan fingerprint density at radius 3 is 2.62 bits per heavy atom. The van der Waals surface area contributed by atoms with Crippen LogP contribution in [0, 0.1) is 6.92 Å². The molecule has 0 saturated heterocycles. The summed E-state index contributed by atoms with van der Waals surface area (Å²) in [6.45, 7) is 1.10. The zero-order chi connectivity index (χ0) is 21.0. The maximum absolute atomic E-state index is 13.1. The number of halogens is 3. The molecule has 0 aromatic carbocycles. The normalized spacial score (nSPS) is 11.7. The minimum absolute atomic E-state index is 0.0340. The molecule has 0 unspecified atom stereocenters. The van der Waals surface area contributed by atoms with Crippen molar-refractivity contribution < 1.29 is 28.1 Å². The van der Waals surface area contributed by atoms with Gasteiger partial charge >= 0.3 is 6.18 Å². The molecule has 154 valence electrons. The molecule has 0 aliphatic carbocycles. The number of rotatable bonds is 7. The van der Waals surface area contributed by atoms with Gasteiger partial charge in [0, 0.05) is 23.7 Å². The number of aliphatic hydroxyl groups is 2. The number of aryl methyl sites for hydroxylation is 1. The van der Waals surface area contributed by atoms with Crippen LogP contribution in [-0.2, 0) is 6.18 Å². The number of hydrogen-bond acceptors (Lipinski definition) is 8. The molecule has 3 heterocycles. The molecule has 7 nitrogen and oxygen atoms in total. The number of ether oxygens (including phenoxy) is 1. The summed E-state index contributed by atoms with van der Waals surface area (Å²) in [5.41, 5.74) is 0.00107. The molecule has 3 rings (SSSR count). The van der Waals surface area contributed by atoms with Gasteiger partial charge in [0.2, 0.25) is 0 Å². The van der Waals surface area contributed by atoms with Crippen LogP contribution in [-0.4, -0.2) is 38.4 Å². The number of anilines is 2. The molecule has 0 amide bonds. The first-order chi connectivity index (χ1) is 13.8. The summed E-state index contributed by atoms with van der Waals surface area (Å²) in [4.78, 5) is 12.1. The number of aromatic nitrogens is 3. The average Bonchev–Trinajstić information content (AvgIpc) is 3.13. The van der Waals surface area contributed by atoms with E-state index in [1.54, 1.807) is 30.6 Å². The highest BCUT2D eigenvalue weighted by molar-refractivity contribution is 7.13. The lowest BCUT2D eigenvalue weighted by atomic mass is 10.1. The van der Waals surface area contributed by atoms with Gasteiger partial charge in [-0.1, -0.05) is 0 Å². The predicted octanol–water partition coefficient (Wildman–Crippen LogP) is 3.86. The van der Waals surface area contributed by atoms with Gasteiger partial charge in [0.25, 0.3) is 0 Å². The van der Waals surface area contributed by atoms with E-state index >= 15 is 0 Å². The van der Waals surface area contributed by atoms with Crippen molar-refractivity contribution in [3.8, 4) is 11.5 Å². The zero-order valence-electron chi connectivity index (χ0n) is 15.1. The van der Waals surface area contributed by atoms with E-state index in [1.807, 2.05) is 0 Å². The highest BCUT2D eigenvalue weighted by Gasteiger charge is 2.32. The van der Waals surface area contributed by atoms with Gasteiger partial charge in [0.05, 0.1) is 30.2 Å². The molecule has 0 atom stereocenters. The molecule has 0 bridgehead atoms. The molecule has 3 aromatic heterocycles. The molecule has 0 fully saturated rings. The molecule has 3 aromatic rings. The van der Waals surface area contributed by atoms with Crippen molar-refractivity contribution in [2.45, 2.75) is 19.0 Å². The van der Waals surface area contributed by atoms with Crippen molar-refractivity contribution >= 4 is 22.3 Å². The summed E-state index contributed by atoms with van der Waals surface area (Å²) in [5, 5.41) is 23.3. The third-order valence-electron chi connectivity index (χ3n) is 3.96. The van der Waals surface area contributed by atoms with Gasteiger partial charge in [0.15, 0.2) is 16.7 Å². The first-order valence-electron chi connectivity index (χ1n) is 8.42. The molecule has 29 heavy (non-hydrogen) atoms. The fraction of sp³-hybridized carbons (Fsp3) is 0.278. The van der Waals surface area contributed by atoms with Crippen LogP contribution in [0.1, 0.15) is 22.9 Å². The summed E-state index contributed by atoms with van der Waals surface area (Å²) >= 11 is 1.16. The first-order valence-corrected chi connectivity index (χ1v) is 9.30. The number of aliphatic hydroxyl groups excluding tert-OH is 2. The van der Waals surface area contributed by atoms with Gasteiger partial charge in [-0.2, -0.15) is 13.2 Å². The van der Waals surface area contributed by atoms with Crippen molar-refractivity contribution in [3.05, 3.63) is 52.9 Å². The minimum Gasteiger partial charge on any atom is -0.452 e. The lowest BCUT2D eigenvalue weighted by Crippen LogP contribution is -2.09. The topological polar surface area (TPSA) is 100 Å². The number of thiazole rings is 1. The SMILES string of the molecule is Cc1ncccc1Oc1cc(C(F)(F)F)cnc1Nc1nc(C(CO)CO)cs1. The molecule has 0 spiro atoms. The van der Waals surface area contributed by atoms with Gasteiger partial charge in [-0.15, -0.1) is 11.3 Å². The second-order valence-corrected chi connectivity index (χ2v) is 6.88. The first kappa shape index (κ1) is 21.0. The fourth-order valence-electron chi connectivity index (χ4n) is 2.34. The number of hydrogen-bond donors (Lipinski definition) is 3. The Morgan fingerprint density at radius 2 is 1.97 bits per heavy atom. The van der Waals surface area contributed by atoms with Crippen molar-refractivity contribution in [3.63, 3.8) is 0 Å². The number of nitrogens with one attached hydrogen (secondary N) is 1. The van der Waals surface area contributed by atoms with E-state index in [0.717, 1.165) is 17.4 Å². The predicted molar refractivity (Wildman–Crippen MR) is 101 cm³/mol. The van der Waals surface area contributed by atoms with E-state index in [-0.39, 0.29) is 30.5 Å². The van der Waals surface area contributed by atoms with Crippen molar-refractivity contribution in [2.75, 3.05) is 18.5 Å². The molecule has 0 saturated carbocycles. The van der Waals surface area contributed by atoms with Crippen LogP contribution >= 0.6 is 11.3 Å². The van der Waals surface area contributed by atoms with Gasteiger partial charge in [-0.25, -0.2) is 9.97 Å². The van der Waals surface area contributed by atoms with E-state index in [4.69, 9.17) is 4.74 Å². The number of pyridine rings is 2. The molecule has 0 aliphatic heterocycles. The maximum Gasteiger partial charge on any atom is 0.418 e. The molecule has 3 N–H and O–H groups in total. The number of nitrogens with zero attached hydrogens (tertiary/aromatic N) is 3. The highest BCUT2D eigenvalue weighted by atomic mass is 32.1. The quantitative estimate of drug-likeness (QED) is 0.527. The van der Waals surface area contributed by atoms with Crippen LogP contribution in [0.2, 0.25) is 0 Å². The smallest absolute Gasteiger partial charge is 0.418 e. The van der Waals surface area contributed by atoms with Crippen molar-refractivity contribution in [1.29, 1.82) is 0 Å². The average molecular weight is 426 g/mol. The van der Waals surface area contributed by atoms with Gasteiger partial charge in [0.1, 0.15) is 5.75 Å². The summed E-state index contributed by atoms with van der Waals surface area (Å²) in [6.07, 6.45) is -2.34. The van der Waals surface area contributed by atoms with E-state index in [9.17, 15) is 23.4 Å². The maximum atomic E-state index is 13.1. The lowest BCUT2D eigenvalue weighted by molar-refractivity contribution is -0.137. The third kappa shape index (κ3) is 5.00. The van der Waals surface area contributed by atoms with Crippen LogP contribution in [0.15, 0.2) is 36.0 Å². The standard InChI is InChI=1S/C18H17F3N4O3S/c1-10-14(3-2-4-22-10)28-15-5-12(18(19,20)21)6-23-16(15)25-17-24-13(9-29-17)11(7-26)8-27/h2-6,9,11,26-27H,7-8H2,1H3,(H,23,24,25). The van der Waals surface area contributed by atoms with Crippen LogP contribution < -0.4 is 10.1 Å². The summed E-state index contributed by atoms with van der Waals surface area (Å²) < 4.78 is 45.0. The molecule has 11 heteroatoms. The Morgan fingerprint density at radius 1 is 1.21 bits per heavy atom. The molecule has 0 radical (unpaired) electrons. The Labute approximate surface area is 167 Å². The second-order valence-electron chi connectivity index (χ2n) is 6.02. The minimum atomic E-state index is -4.59. The largest absolute Gasteiger partial charge is 0.452 e. The third-order valence-corrected chi connectivity index (χ3v) is 4.74. The van der Waals surface area contributed by atoms with E-state index in [2.05, 4.69) is 20.3 Å².